The number of aryl methyl sites for hydroxylation is 1. The van der Waals surface area contributed by atoms with Gasteiger partial charge < -0.3 is 5.11 Å². The molecule has 0 atom stereocenters. The molecule has 2 rings (SSSR count). The van der Waals surface area contributed by atoms with Gasteiger partial charge in [0.25, 0.3) is 0 Å². The monoisotopic (exact) mass is 315 g/mol. The summed E-state index contributed by atoms with van der Waals surface area (Å²) in [6.45, 7) is 2.32. The van der Waals surface area contributed by atoms with E-state index in [2.05, 4.69) is 26.0 Å². The molecule has 0 spiro atoms. The number of hydrogen-bond donors (Lipinski definition) is 1. The normalized spacial score (nSPS) is 10.8. The molecule has 1 aromatic carbocycles. The molecule has 0 aliphatic carbocycles. The maximum absolute atomic E-state index is 8.89. The van der Waals surface area contributed by atoms with E-state index in [0.29, 0.717) is 17.4 Å². The first-order valence-corrected chi connectivity index (χ1v) is 6.26. The van der Waals surface area contributed by atoms with Crippen LogP contribution >= 0.6 is 27.5 Å². The van der Waals surface area contributed by atoms with Crippen LogP contribution in [0, 0.1) is 6.92 Å². The Morgan fingerprint density at radius 1 is 1.47 bits per heavy atom. The number of halogens is 2. The lowest BCUT2D eigenvalue weighted by molar-refractivity contribution is 0.268. The smallest absolute Gasteiger partial charge is 0.182 e. The first-order chi connectivity index (χ1) is 8.11. The maximum atomic E-state index is 8.89. The molecule has 1 aromatic heterocycles. The summed E-state index contributed by atoms with van der Waals surface area (Å²) in [5.41, 5.74) is 0.787. The molecule has 0 unspecified atom stereocenters. The van der Waals surface area contributed by atoms with Gasteiger partial charge in [-0.3, -0.25) is 0 Å². The van der Waals surface area contributed by atoms with Crippen LogP contribution < -0.4 is 0 Å². The molecule has 1 heterocycles. The Morgan fingerprint density at radius 3 is 2.88 bits per heavy atom. The molecule has 90 valence electrons. The zero-order valence-corrected chi connectivity index (χ0v) is 11.5. The molecule has 17 heavy (non-hydrogen) atoms. The van der Waals surface area contributed by atoms with Crippen LogP contribution in [-0.2, 0) is 6.54 Å². The van der Waals surface area contributed by atoms with Gasteiger partial charge in [-0.05, 0) is 25.1 Å². The predicted molar refractivity (Wildman–Crippen MR) is 70.0 cm³/mol. The summed E-state index contributed by atoms with van der Waals surface area (Å²) >= 11 is 9.48. The third-order valence-corrected chi connectivity index (χ3v) is 3.15. The van der Waals surface area contributed by atoms with Crippen LogP contribution in [0.25, 0.3) is 11.4 Å². The fourth-order valence-corrected chi connectivity index (χ4v) is 2.27. The highest BCUT2D eigenvalue weighted by Crippen LogP contribution is 2.28. The van der Waals surface area contributed by atoms with Crippen molar-refractivity contribution in [2.45, 2.75) is 13.5 Å². The minimum Gasteiger partial charge on any atom is -0.394 e. The summed E-state index contributed by atoms with van der Waals surface area (Å²) in [5, 5.41) is 13.8. The van der Waals surface area contributed by atoms with Crippen LogP contribution in [0.5, 0.6) is 0 Å². The predicted octanol–water partition coefficient (Wildman–Crippen LogP) is 2.66. The molecule has 0 radical (unpaired) electrons. The number of aromatic nitrogens is 3. The molecule has 0 amide bonds. The molecule has 0 saturated carbocycles. The van der Waals surface area contributed by atoms with Crippen molar-refractivity contribution < 1.29 is 5.11 Å². The lowest BCUT2D eigenvalue weighted by atomic mass is 10.2. The highest BCUT2D eigenvalue weighted by Gasteiger charge is 2.11. The van der Waals surface area contributed by atoms with Gasteiger partial charge in [0, 0.05) is 10.0 Å². The van der Waals surface area contributed by atoms with Crippen molar-refractivity contribution in [2.24, 2.45) is 0 Å². The van der Waals surface area contributed by atoms with Crippen LogP contribution in [0.4, 0.5) is 0 Å². The first-order valence-electron chi connectivity index (χ1n) is 5.09. The number of benzene rings is 1. The van der Waals surface area contributed by atoms with Crippen molar-refractivity contribution in [3.05, 3.63) is 33.5 Å². The van der Waals surface area contributed by atoms with Crippen LogP contribution in [0.1, 0.15) is 5.82 Å². The summed E-state index contributed by atoms with van der Waals surface area (Å²) in [7, 11) is 0. The zero-order valence-electron chi connectivity index (χ0n) is 9.19. The summed E-state index contributed by atoms with van der Waals surface area (Å²) in [4.78, 5) is 4.33. The van der Waals surface area contributed by atoms with Crippen LogP contribution in [0.15, 0.2) is 22.7 Å². The summed E-state index contributed by atoms with van der Waals surface area (Å²) < 4.78 is 2.58. The van der Waals surface area contributed by atoms with Crippen molar-refractivity contribution >= 4 is 27.5 Å². The Hall–Kier alpha value is -0.910. The molecular weight excluding hydrogens is 305 g/mol. The lowest BCUT2D eigenvalue weighted by Gasteiger charge is -2.00. The Kier molecular flexibility index (Phi) is 3.81. The molecule has 2 aromatic rings. The van der Waals surface area contributed by atoms with E-state index in [4.69, 9.17) is 16.7 Å². The Morgan fingerprint density at radius 2 is 2.24 bits per heavy atom. The maximum Gasteiger partial charge on any atom is 0.182 e. The second-order valence-electron chi connectivity index (χ2n) is 3.55. The standard InChI is InChI=1S/C11H11BrClN3O/c1-7-14-11(15-16(7)4-5-17)9-3-2-8(12)6-10(9)13/h2-3,6,17H,4-5H2,1H3. The van der Waals surface area contributed by atoms with Crippen molar-refractivity contribution in [2.75, 3.05) is 6.61 Å². The lowest BCUT2D eigenvalue weighted by Crippen LogP contribution is -2.05. The van der Waals surface area contributed by atoms with E-state index >= 15 is 0 Å². The van der Waals surface area contributed by atoms with Gasteiger partial charge in [-0.25, -0.2) is 9.67 Å². The van der Waals surface area contributed by atoms with Gasteiger partial charge in [-0.2, -0.15) is 5.10 Å². The molecule has 0 fully saturated rings. The van der Waals surface area contributed by atoms with Crippen LogP contribution in [0.2, 0.25) is 5.02 Å². The van der Waals surface area contributed by atoms with E-state index in [-0.39, 0.29) is 6.61 Å². The third-order valence-electron chi connectivity index (χ3n) is 2.34. The molecule has 1 N–H and O–H groups in total. The quantitative estimate of drug-likeness (QED) is 0.947. The molecule has 0 bridgehead atoms. The van der Waals surface area contributed by atoms with E-state index in [1.165, 1.54) is 0 Å². The number of aliphatic hydroxyl groups excluding tert-OH is 1. The number of nitrogens with zero attached hydrogens (tertiary/aromatic N) is 3. The van der Waals surface area contributed by atoms with Gasteiger partial charge in [0.2, 0.25) is 0 Å². The van der Waals surface area contributed by atoms with Crippen molar-refractivity contribution in [1.29, 1.82) is 0 Å². The largest absolute Gasteiger partial charge is 0.394 e. The fraction of sp³-hybridized carbons (Fsp3) is 0.273. The van der Waals surface area contributed by atoms with Gasteiger partial charge in [-0.15, -0.1) is 0 Å². The van der Waals surface area contributed by atoms with Crippen LogP contribution in [-0.4, -0.2) is 26.5 Å². The van der Waals surface area contributed by atoms with Gasteiger partial charge in [0.1, 0.15) is 5.82 Å². The fourth-order valence-electron chi connectivity index (χ4n) is 1.51. The third kappa shape index (κ3) is 2.68. The van der Waals surface area contributed by atoms with E-state index in [9.17, 15) is 0 Å². The first kappa shape index (κ1) is 12.5. The number of hydrogen-bond acceptors (Lipinski definition) is 3. The average molecular weight is 317 g/mol. The van der Waals surface area contributed by atoms with E-state index in [1.807, 2.05) is 19.1 Å². The Labute approximate surface area is 112 Å². The minimum absolute atomic E-state index is 0.0394. The Balaban J connectivity index is 2.42. The van der Waals surface area contributed by atoms with E-state index < -0.39 is 0 Å². The van der Waals surface area contributed by atoms with E-state index in [1.54, 1.807) is 10.7 Å². The minimum atomic E-state index is 0.0394. The summed E-state index contributed by atoms with van der Waals surface area (Å²) in [6, 6.07) is 5.56. The SMILES string of the molecule is Cc1nc(-c2ccc(Br)cc2Cl)nn1CCO. The summed E-state index contributed by atoms with van der Waals surface area (Å²) in [5.74, 6) is 1.33. The molecule has 0 aliphatic rings. The van der Waals surface area contributed by atoms with Gasteiger partial charge in [-0.1, -0.05) is 27.5 Å². The Bertz CT molecular complexity index is 542. The van der Waals surface area contributed by atoms with Gasteiger partial charge >= 0.3 is 0 Å². The second kappa shape index (κ2) is 5.16. The molecule has 4 nitrogen and oxygen atoms in total. The number of aliphatic hydroxyl groups is 1. The van der Waals surface area contributed by atoms with Gasteiger partial charge in [0.05, 0.1) is 18.2 Å². The summed E-state index contributed by atoms with van der Waals surface area (Å²) in [6.07, 6.45) is 0. The highest BCUT2D eigenvalue weighted by molar-refractivity contribution is 9.10. The average Bonchev–Trinajstić information content (AvgIpc) is 2.60. The highest BCUT2D eigenvalue weighted by atomic mass is 79.9. The number of rotatable bonds is 3. The van der Waals surface area contributed by atoms with Crippen LogP contribution in [0.3, 0.4) is 0 Å². The topological polar surface area (TPSA) is 50.9 Å². The zero-order chi connectivity index (χ0) is 12.4. The molecule has 0 saturated heterocycles. The molecular formula is C11H11BrClN3O. The van der Waals surface area contributed by atoms with Crippen molar-refractivity contribution in [3.63, 3.8) is 0 Å². The van der Waals surface area contributed by atoms with Gasteiger partial charge in [0.15, 0.2) is 5.82 Å². The van der Waals surface area contributed by atoms with Crippen molar-refractivity contribution in [1.82, 2.24) is 14.8 Å². The van der Waals surface area contributed by atoms with E-state index in [0.717, 1.165) is 15.9 Å². The molecule has 0 aliphatic heterocycles. The van der Waals surface area contributed by atoms with Crippen molar-refractivity contribution in [3.8, 4) is 11.4 Å². The molecule has 6 heteroatoms. The second-order valence-corrected chi connectivity index (χ2v) is 4.88.